The maximum atomic E-state index is 12.7. The number of hydrogen-bond donors (Lipinski definition) is 1. The number of carbonyl (C=O) groups is 1. The first-order chi connectivity index (χ1) is 7.25. The SMILES string of the molecule is Cc1cccc(C(F)(F)F)c1C(C)C(=O)O. The van der Waals surface area contributed by atoms with Crippen molar-refractivity contribution in [3.8, 4) is 0 Å². The van der Waals surface area contributed by atoms with Crippen LogP contribution < -0.4 is 0 Å². The van der Waals surface area contributed by atoms with Gasteiger partial charge < -0.3 is 5.11 Å². The minimum atomic E-state index is -4.52. The highest BCUT2D eigenvalue weighted by molar-refractivity contribution is 5.76. The van der Waals surface area contributed by atoms with Crippen molar-refractivity contribution in [1.29, 1.82) is 0 Å². The van der Waals surface area contributed by atoms with Gasteiger partial charge in [0.2, 0.25) is 0 Å². The third-order valence-electron chi connectivity index (χ3n) is 2.43. The van der Waals surface area contributed by atoms with Gasteiger partial charge in [-0.25, -0.2) is 0 Å². The van der Waals surface area contributed by atoms with E-state index in [-0.39, 0.29) is 5.56 Å². The molecule has 0 radical (unpaired) electrons. The zero-order chi connectivity index (χ0) is 12.5. The summed E-state index contributed by atoms with van der Waals surface area (Å²) in [6.07, 6.45) is -4.52. The van der Waals surface area contributed by atoms with Crippen LogP contribution in [0.4, 0.5) is 13.2 Å². The lowest BCUT2D eigenvalue weighted by molar-refractivity contribution is -0.141. The minimum Gasteiger partial charge on any atom is -0.481 e. The smallest absolute Gasteiger partial charge is 0.416 e. The molecule has 1 N–H and O–H groups in total. The van der Waals surface area contributed by atoms with E-state index >= 15 is 0 Å². The van der Waals surface area contributed by atoms with Crippen LogP contribution >= 0.6 is 0 Å². The van der Waals surface area contributed by atoms with Crippen molar-refractivity contribution in [2.24, 2.45) is 0 Å². The van der Waals surface area contributed by atoms with Crippen molar-refractivity contribution in [1.82, 2.24) is 0 Å². The number of rotatable bonds is 2. The summed E-state index contributed by atoms with van der Waals surface area (Å²) in [6, 6.07) is 3.65. The van der Waals surface area contributed by atoms with Gasteiger partial charge in [-0.05, 0) is 31.0 Å². The fourth-order valence-electron chi connectivity index (χ4n) is 1.63. The molecule has 0 aliphatic carbocycles. The molecule has 0 bridgehead atoms. The van der Waals surface area contributed by atoms with Gasteiger partial charge in [-0.3, -0.25) is 4.79 Å². The molecule has 0 heterocycles. The van der Waals surface area contributed by atoms with Gasteiger partial charge in [0, 0.05) is 0 Å². The Morgan fingerprint density at radius 3 is 2.38 bits per heavy atom. The zero-order valence-corrected chi connectivity index (χ0v) is 8.80. The Labute approximate surface area is 90.7 Å². The number of alkyl halides is 3. The molecule has 1 aromatic carbocycles. The predicted octanol–water partition coefficient (Wildman–Crippen LogP) is 3.20. The van der Waals surface area contributed by atoms with Crippen molar-refractivity contribution in [3.05, 3.63) is 34.9 Å². The van der Waals surface area contributed by atoms with E-state index in [2.05, 4.69) is 0 Å². The van der Waals surface area contributed by atoms with Gasteiger partial charge in [0.05, 0.1) is 11.5 Å². The van der Waals surface area contributed by atoms with Crippen LogP contribution in [0, 0.1) is 6.92 Å². The number of benzene rings is 1. The van der Waals surface area contributed by atoms with Crippen LogP contribution in [0.15, 0.2) is 18.2 Å². The molecule has 0 aromatic heterocycles. The minimum absolute atomic E-state index is 0.164. The summed E-state index contributed by atoms with van der Waals surface area (Å²) in [7, 11) is 0. The molecule has 1 atom stereocenters. The van der Waals surface area contributed by atoms with Gasteiger partial charge in [0.25, 0.3) is 0 Å². The average Bonchev–Trinajstić information content (AvgIpc) is 2.14. The van der Waals surface area contributed by atoms with Crippen LogP contribution in [0.1, 0.15) is 29.5 Å². The predicted molar refractivity (Wildman–Crippen MR) is 52.2 cm³/mol. The lowest BCUT2D eigenvalue weighted by atomic mass is 9.91. The summed E-state index contributed by atoms with van der Waals surface area (Å²) in [6.45, 7) is 2.73. The average molecular weight is 232 g/mol. The highest BCUT2D eigenvalue weighted by Gasteiger charge is 2.36. The Morgan fingerprint density at radius 1 is 1.38 bits per heavy atom. The van der Waals surface area contributed by atoms with Crippen LogP contribution in [0.2, 0.25) is 0 Å². The molecule has 5 heteroatoms. The Kier molecular flexibility index (Phi) is 3.26. The van der Waals surface area contributed by atoms with Gasteiger partial charge in [-0.1, -0.05) is 12.1 Å². The second kappa shape index (κ2) is 4.15. The third kappa shape index (κ3) is 2.35. The number of halogens is 3. The number of aliphatic carboxylic acids is 1. The van der Waals surface area contributed by atoms with E-state index < -0.39 is 23.6 Å². The molecule has 0 aliphatic heterocycles. The molecule has 1 rings (SSSR count). The largest absolute Gasteiger partial charge is 0.481 e. The van der Waals surface area contributed by atoms with E-state index in [1.165, 1.54) is 26.0 Å². The molecular weight excluding hydrogens is 221 g/mol. The van der Waals surface area contributed by atoms with E-state index in [0.717, 1.165) is 6.07 Å². The van der Waals surface area contributed by atoms with Crippen LogP contribution in [0.25, 0.3) is 0 Å². The molecule has 0 fully saturated rings. The van der Waals surface area contributed by atoms with E-state index in [4.69, 9.17) is 5.11 Å². The first kappa shape index (κ1) is 12.5. The van der Waals surface area contributed by atoms with Crippen molar-refractivity contribution < 1.29 is 23.1 Å². The van der Waals surface area contributed by atoms with Gasteiger partial charge in [-0.15, -0.1) is 0 Å². The van der Waals surface area contributed by atoms with Crippen LogP contribution in [-0.2, 0) is 11.0 Å². The van der Waals surface area contributed by atoms with Gasteiger partial charge in [0.15, 0.2) is 0 Å². The molecule has 1 unspecified atom stereocenters. The summed E-state index contributed by atoms with van der Waals surface area (Å²) in [4.78, 5) is 10.8. The zero-order valence-electron chi connectivity index (χ0n) is 8.80. The van der Waals surface area contributed by atoms with E-state index in [9.17, 15) is 18.0 Å². The Morgan fingerprint density at radius 2 is 1.94 bits per heavy atom. The number of carboxylic acid groups (broad SMARTS) is 1. The number of carboxylic acids is 1. The summed E-state index contributed by atoms with van der Waals surface area (Å²) in [5.74, 6) is -2.43. The third-order valence-corrected chi connectivity index (χ3v) is 2.43. The standard InChI is InChI=1S/C11H11F3O2/c1-6-4-3-5-8(11(12,13)14)9(6)7(2)10(15)16/h3-5,7H,1-2H3,(H,15,16). The van der Waals surface area contributed by atoms with Crippen LogP contribution in [0.3, 0.4) is 0 Å². The fourth-order valence-corrected chi connectivity index (χ4v) is 1.63. The van der Waals surface area contributed by atoms with Crippen LogP contribution in [0.5, 0.6) is 0 Å². The quantitative estimate of drug-likeness (QED) is 0.850. The Hall–Kier alpha value is -1.52. The number of aryl methyl sites for hydroxylation is 1. The molecule has 16 heavy (non-hydrogen) atoms. The first-order valence-electron chi connectivity index (χ1n) is 4.64. The molecule has 0 aliphatic rings. The van der Waals surface area contributed by atoms with Gasteiger partial charge in [0.1, 0.15) is 0 Å². The van der Waals surface area contributed by atoms with Crippen LogP contribution in [-0.4, -0.2) is 11.1 Å². The lowest BCUT2D eigenvalue weighted by Crippen LogP contribution is -2.17. The number of hydrogen-bond acceptors (Lipinski definition) is 1. The Bertz CT molecular complexity index is 410. The molecule has 1 aromatic rings. The normalized spacial score (nSPS) is 13.6. The molecule has 0 amide bonds. The monoisotopic (exact) mass is 232 g/mol. The van der Waals surface area contributed by atoms with E-state index in [1.54, 1.807) is 0 Å². The van der Waals surface area contributed by atoms with E-state index in [0.29, 0.717) is 5.56 Å². The fraction of sp³-hybridized carbons (Fsp3) is 0.364. The van der Waals surface area contributed by atoms with Crippen molar-refractivity contribution in [3.63, 3.8) is 0 Å². The molecule has 88 valence electrons. The summed E-state index contributed by atoms with van der Waals surface area (Å²) < 4.78 is 38.0. The van der Waals surface area contributed by atoms with E-state index in [1.807, 2.05) is 0 Å². The maximum Gasteiger partial charge on any atom is 0.416 e. The molecule has 0 spiro atoms. The topological polar surface area (TPSA) is 37.3 Å². The second-order valence-electron chi connectivity index (χ2n) is 3.59. The Balaban J connectivity index is 3.41. The summed E-state index contributed by atoms with van der Waals surface area (Å²) in [5, 5.41) is 8.78. The lowest BCUT2D eigenvalue weighted by Gasteiger charge is -2.17. The van der Waals surface area contributed by atoms with Crippen molar-refractivity contribution in [2.75, 3.05) is 0 Å². The van der Waals surface area contributed by atoms with Crippen molar-refractivity contribution >= 4 is 5.97 Å². The highest BCUT2D eigenvalue weighted by Crippen LogP contribution is 2.36. The highest BCUT2D eigenvalue weighted by atomic mass is 19.4. The van der Waals surface area contributed by atoms with Crippen molar-refractivity contribution in [2.45, 2.75) is 25.9 Å². The molecule has 2 nitrogen and oxygen atoms in total. The summed E-state index contributed by atoms with van der Waals surface area (Å²) >= 11 is 0. The molecule has 0 saturated heterocycles. The first-order valence-corrected chi connectivity index (χ1v) is 4.64. The maximum absolute atomic E-state index is 12.7. The summed E-state index contributed by atoms with van der Waals surface area (Å²) in [5.41, 5.74) is -0.699. The van der Waals surface area contributed by atoms with Gasteiger partial charge >= 0.3 is 12.1 Å². The van der Waals surface area contributed by atoms with Gasteiger partial charge in [-0.2, -0.15) is 13.2 Å². The molecule has 0 saturated carbocycles. The molecular formula is C11H11F3O2. The second-order valence-corrected chi connectivity index (χ2v) is 3.59.